The molecule has 0 saturated carbocycles. The Morgan fingerprint density at radius 1 is 1.32 bits per heavy atom. The summed E-state index contributed by atoms with van der Waals surface area (Å²) < 4.78 is 3.22. The lowest BCUT2D eigenvalue weighted by atomic mass is 10.3. The molecule has 1 amide bonds. The van der Waals surface area contributed by atoms with Crippen molar-refractivity contribution in [1.82, 2.24) is 15.1 Å². The van der Waals surface area contributed by atoms with E-state index in [0.29, 0.717) is 10.5 Å². The summed E-state index contributed by atoms with van der Waals surface area (Å²) in [6, 6.07) is 13.9. The molecule has 0 fully saturated rings. The van der Waals surface area contributed by atoms with Crippen LogP contribution in [0, 0.1) is 3.95 Å². The van der Waals surface area contributed by atoms with Gasteiger partial charge in [-0.2, -0.15) is 0 Å². The van der Waals surface area contributed by atoms with Crippen LogP contribution in [0.4, 0.5) is 0 Å². The number of nitrogens with zero attached hydrogens (tertiary/aromatic N) is 2. The van der Waals surface area contributed by atoms with Crippen LogP contribution in [-0.2, 0) is 11.2 Å². The number of carbonyl (C=O) groups is 1. The molecule has 2 heterocycles. The highest BCUT2D eigenvalue weighted by molar-refractivity contribution is 8.02. The molecule has 0 radical (unpaired) electrons. The zero-order chi connectivity index (χ0) is 17.6. The summed E-state index contributed by atoms with van der Waals surface area (Å²) in [6.07, 6.45) is 0.863. The second kappa shape index (κ2) is 8.75. The Morgan fingerprint density at radius 3 is 2.84 bits per heavy atom. The summed E-state index contributed by atoms with van der Waals surface area (Å²) in [5.41, 5.74) is 0.934. The van der Waals surface area contributed by atoms with E-state index >= 15 is 0 Å². The van der Waals surface area contributed by atoms with Crippen LogP contribution in [0.25, 0.3) is 5.69 Å². The molecule has 0 spiro atoms. The van der Waals surface area contributed by atoms with Crippen molar-refractivity contribution in [2.24, 2.45) is 0 Å². The molecule has 8 heteroatoms. The van der Waals surface area contributed by atoms with E-state index in [2.05, 4.69) is 16.5 Å². The highest BCUT2D eigenvalue weighted by atomic mass is 32.2. The van der Waals surface area contributed by atoms with Crippen LogP contribution in [0.2, 0.25) is 0 Å². The number of nitrogens with one attached hydrogen (secondary N) is 1. The molecule has 0 aliphatic rings. The first-order valence-corrected chi connectivity index (χ1v) is 10.7. The number of hydrogen-bond acceptors (Lipinski definition) is 6. The number of benzene rings is 1. The summed E-state index contributed by atoms with van der Waals surface area (Å²) >= 11 is 9.97. The molecule has 3 rings (SSSR count). The fourth-order valence-electron chi connectivity index (χ4n) is 2.15. The maximum atomic E-state index is 12.3. The lowest BCUT2D eigenvalue weighted by Gasteiger charge is -2.09. The Bertz CT molecular complexity index is 871. The van der Waals surface area contributed by atoms with Gasteiger partial charge in [0.25, 0.3) is 0 Å². The average Bonchev–Trinajstić information content (AvgIpc) is 3.25. The molecule has 1 atom stereocenters. The maximum absolute atomic E-state index is 12.3. The summed E-state index contributed by atoms with van der Waals surface area (Å²) in [6.45, 7) is 2.54. The first-order valence-electron chi connectivity index (χ1n) is 7.76. The number of aromatic nitrogens is 2. The number of hydrogen-bond donors (Lipinski definition) is 1. The first kappa shape index (κ1) is 18.3. The van der Waals surface area contributed by atoms with Crippen LogP contribution < -0.4 is 5.32 Å². The van der Waals surface area contributed by atoms with Crippen LogP contribution in [0.15, 0.2) is 52.2 Å². The van der Waals surface area contributed by atoms with E-state index in [1.807, 2.05) is 48.7 Å². The number of thioether (sulfide) groups is 1. The molecule has 130 valence electrons. The number of amides is 1. The van der Waals surface area contributed by atoms with Gasteiger partial charge in [-0.05, 0) is 49.1 Å². The summed E-state index contributed by atoms with van der Waals surface area (Å²) in [5, 5.41) is 9.36. The summed E-state index contributed by atoms with van der Waals surface area (Å²) in [7, 11) is 0. The molecule has 1 unspecified atom stereocenters. The van der Waals surface area contributed by atoms with Crippen LogP contribution in [-0.4, -0.2) is 27.5 Å². The fraction of sp³-hybridized carbons (Fsp3) is 0.235. The smallest absolute Gasteiger partial charge is 0.233 e. The quantitative estimate of drug-likeness (QED) is 0.461. The van der Waals surface area contributed by atoms with Crippen molar-refractivity contribution in [2.45, 2.75) is 22.9 Å². The minimum absolute atomic E-state index is 0.0222. The SMILES string of the molecule is CC(Sc1nn(-c2ccccc2)c(=S)s1)C(=O)NCCc1cccs1. The minimum atomic E-state index is -0.215. The molecule has 3 aromatic rings. The van der Waals surface area contributed by atoms with Gasteiger partial charge in [-0.25, -0.2) is 4.68 Å². The zero-order valence-electron chi connectivity index (χ0n) is 13.5. The van der Waals surface area contributed by atoms with Crippen molar-refractivity contribution in [1.29, 1.82) is 0 Å². The van der Waals surface area contributed by atoms with Gasteiger partial charge in [0, 0.05) is 11.4 Å². The molecule has 1 aromatic carbocycles. The standard InChI is InChI=1S/C17H17N3OS4/c1-12(15(21)18-10-9-14-8-5-11-23-14)24-16-19-20(17(22)25-16)13-6-3-2-4-7-13/h2-8,11-12H,9-10H2,1H3,(H,18,21). The van der Waals surface area contributed by atoms with E-state index in [9.17, 15) is 4.79 Å². The molecule has 1 N–H and O–H groups in total. The molecular formula is C17H17N3OS4. The van der Waals surface area contributed by atoms with Gasteiger partial charge in [0.15, 0.2) is 8.29 Å². The van der Waals surface area contributed by atoms with Gasteiger partial charge in [-0.3, -0.25) is 4.79 Å². The third-order valence-corrected chi connectivity index (χ3v) is 6.78. The van der Waals surface area contributed by atoms with Crippen molar-refractivity contribution in [3.8, 4) is 5.69 Å². The van der Waals surface area contributed by atoms with Crippen LogP contribution in [0.1, 0.15) is 11.8 Å². The van der Waals surface area contributed by atoms with Gasteiger partial charge in [-0.15, -0.1) is 16.4 Å². The Morgan fingerprint density at radius 2 is 2.12 bits per heavy atom. The summed E-state index contributed by atoms with van der Waals surface area (Å²) in [4.78, 5) is 13.5. The molecule has 2 aromatic heterocycles. The van der Waals surface area contributed by atoms with E-state index in [1.54, 1.807) is 16.0 Å². The van der Waals surface area contributed by atoms with Crippen molar-refractivity contribution in [3.63, 3.8) is 0 Å². The average molecular weight is 408 g/mol. The van der Waals surface area contributed by atoms with Gasteiger partial charge in [-0.1, -0.05) is 47.4 Å². The zero-order valence-corrected chi connectivity index (χ0v) is 16.8. The van der Waals surface area contributed by atoms with Crippen molar-refractivity contribution < 1.29 is 4.79 Å². The third kappa shape index (κ3) is 5.01. The monoisotopic (exact) mass is 407 g/mol. The lowest BCUT2D eigenvalue weighted by molar-refractivity contribution is -0.120. The van der Waals surface area contributed by atoms with Crippen molar-refractivity contribution in [3.05, 3.63) is 56.7 Å². The van der Waals surface area contributed by atoms with Gasteiger partial charge >= 0.3 is 0 Å². The van der Waals surface area contributed by atoms with Crippen LogP contribution in [0.5, 0.6) is 0 Å². The Kier molecular flexibility index (Phi) is 6.41. The topological polar surface area (TPSA) is 46.9 Å². The van der Waals surface area contributed by atoms with E-state index in [4.69, 9.17) is 12.2 Å². The van der Waals surface area contributed by atoms with Crippen molar-refractivity contribution in [2.75, 3.05) is 6.54 Å². The van der Waals surface area contributed by atoms with Gasteiger partial charge in [0.2, 0.25) is 5.91 Å². The number of carbonyl (C=O) groups excluding carboxylic acids is 1. The fourth-order valence-corrected chi connectivity index (χ4v) is 5.39. The highest BCUT2D eigenvalue weighted by Gasteiger charge is 2.17. The second-order valence-electron chi connectivity index (χ2n) is 5.26. The molecule has 4 nitrogen and oxygen atoms in total. The van der Waals surface area contributed by atoms with Gasteiger partial charge < -0.3 is 5.32 Å². The number of rotatable bonds is 7. The van der Waals surface area contributed by atoms with E-state index in [1.165, 1.54) is 28.0 Å². The Hall–Kier alpha value is -1.48. The normalized spacial score (nSPS) is 12.0. The summed E-state index contributed by atoms with van der Waals surface area (Å²) in [5.74, 6) is 0.0222. The second-order valence-corrected chi connectivity index (χ2v) is 9.50. The van der Waals surface area contributed by atoms with E-state index < -0.39 is 0 Å². The molecular weight excluding hydrogens is 390 g/mol. The lowest BCUT2D eigenvalue weighted by Crippen LogP contribution is -2.32. The predicted octanol–water partition coefficient (Wildman–Crippen LogP) is 4.56. The molecule has 0 aliphatic heterocycles. The van der Waals surface area contributed by atoms with Crippen LogP contribution in [0.3, 0.4) is 0 Å². The molecule has 0 saturated heterocycles. The van der Waals surface area contributed by atoms with Gasteiger partial charge in [0.1, 0.15) is 0 Å². The Balaban J connectivity index is 1.56. The molecule has 25 heavy (non-hydrogen) atoms. The van der Waals surface area contributed by atoms with Gasteiger partial charge in [0.05, 0.1) is 10.9 Å². The maximum Gasteiger partial charge on any atom is 0.233 e. The molecule has 0 aliphatic carbocycles. The first-order chi connectivity index (χ1) is 12.1. The third-order valence-electron chi connectivity index (χ3n) is 3.43. The predicted molar refractivity (Wildman–Crippen MR) is 109 cm³/mol. The van der Waals surface area contributed by atoms with E-state index in [-0.39, 0.29) is 11.2 Å². The largest absolute Gasteiger partial charge is 0.355 e. The minimum Gasteiger partial charge on any atom is -0.355 e. The highest BCUT2D eigenvalue weighted by Crippen LogP contribution is 2.27. The number of thiophene rings is 1. The molecule has 0 bridgehead atoms. The number of para-hydroxylation sites is 1. The van der Waals surface area contributed by atoms with Crippen molar-refractivity contribution >= 4 is 52.6 Å². The van der Waals surface area contributed by atoms with E-state index in [0.717, 1.165) is 16.4 Å². The van der Waals surface area contributed by atoms with Crippen LogP contribution >= 0.6 is 46.7 Å². The Labute approximate surface area is 163 Å².